The van der Waals surface area contributed by atoms with E-state index in [9.17, 15) is 9.59 Å². The lowest BCUT2D eigenvalue weighted by Gasteiger charge is -2.36. The Morgan fingerprint density at radius 3 is 2.68 bits per heavy atom. The maximum Gasteiger partial charge on any atom is 0.334 e. The molecule has 2 unspecified atom stereocenters. The largest absolute Gasteiger partial charge is 0.479 e. The Balaban J connectivity index is 2.53. The summed E-state index contributed by atoms with van der Waals surface area (Å²) in [6, 6.07) is 0. The number of carbonyl (C=O) groups is 2. The number of rotatable bonds is 6. The van der Waals surface area contributed by atoms with Crippen molar-refractivity contribution in [2.75, 3.05) is 26.7 Å². The molecule has 0 radical (unpaired) electrons. The van der Waals surface area contributed by atoms with Crippen molar-refractivity contribution >= 4 is 11.9 Å². The fourth-order valence-corrected chi connectivity index (χ4v) is 2.34. The third-order valence-electron chi connectivity index (χ3n) is 3.91. The molecule has 0 aromatic heterocycles. The molecule has 0 bridgehead atoms. The molecule has 1 aliphatic heterocycles. The SMILES string of the molecule is COC(CNC(=O)C(C)(C)C1CCCNC1)C(=O)O. The van der Waals surface area contributed by atoms with Crippen molar-refractivity contribution in [1.82, 2.24) is 10.6 Å². The highest BCUT2D eigenvalue weighted by Crippen LogP contribution is 2.31. The summed E-state index contributed by atoms with van der Waals surface area (Å²) >= 11 is 0. The summed E-state index contributed by atoms with van der Waals surface area (Å²) in [5.74, 6) is -0.920. The molecule has 1 saturated heterocycles. The zero-order valence-corrected chi connectivity index (χ0v) is 11.9. The molecule has 1 heterocycles. The van der Waals surface area contributed by atoms with Gasteiger partial charge in [-0.05, 0) is 31.8 Å². The van der Waals surface area contributed by atoms with E-state index >= 15 is 0 Å². The second kappa shape index (κ2) is 6.86. The molecule has 1 fully saturated rings. The van der Waals surface area contributed by atoms with E-state index in [0.717, 1.165) is 25.9 Å². The van der Waals surface area contributed by atoms with Gasteiger partial charge in [-0.2, -0.15) is 0 Å². The average molecular weight is 272 g/mol. The van der Waals surface area contributed by atoms with Crippen LogP contribution in [0, 0.1) is 11.3 Å². The van der Waals surface area contributed by atoms with Gasteiger partial charge >= 0.3 is 5.97 Å². The zero-order valence-electron chi connectivity index (χ0n) is 11.9. The van der Waals surface area contributed by atoms with Gasteiger partial charge in [-0.25, -0.2) is 4.79 Å². The topological polar surface area (TPSA) is 87.7 Å². The van der Waals surface area contributed by atoms with E-state index in [1.54, 1.807) is 0 Å². The summed E-state index contributed by atoms with van der Waals surface area (Å²) in [6.45, 7) is 5.63. The first-order valence-corrected chi connectivity index (χ1v) is 6.64. The van der Waals surface area contributed by atoms with Gasteiger partial charge in [0.2, 0.25) is 5.91 Å². The Bertz CT molecular complexity index is 325. The monoisotopic (exact) mass is 272 g/mol. The second-order valence-corrected chi connectivity index (χ2v) is 5.54. The van der Waals surface area contributed by atoms with Crippen LogP contribution >= 0.6 is 0 Å². The lowest BCUT2D eigenvalue weighted by Crippen LogP contribution is -2.49. The lowest BCUT2D eigenvalue weighted by atomic mass is 9.74. The van der Waals surface area contributed by atoms with E-state index in [1.807, 2.05) is 13.8 Å². The summed E-state index contributed by atoms with van der Waals surface area (Å²) in [6.07, 6.45) is 1.08. The smallest absolute Gasteiger partial charge is 0.334 e. The van der Waals surface area contributed by atoms with Crippen LogP contribution in [0.2, 0.25) is 0 Å². The Hall–Kier alpha value is -1.14. The summed E-state index contributed by atoms with van der Waals surface area (Å²) in [5, 5.41) is 14.8. The quantitative estimate of drug-likeness (QED) is 0.644. The van der Waals surface area contributed by atoms with Crippen LogP contribution in [-0.4, -0.2) is 49.8 Å². The molecule has 1 aliphatic rings. The summed E-state index contributed by atoms with van der Waals surface area (Å²) in [7, 11) is 1.32. The Kier molecular flexibility index (Phi) is 5.75. The van der Waals surface area contributed by atoms with Crippen LogP contribution in [0.3, 0.4) is 0 Å². The lowest BCUT2D eigenvalue weighted by molar-refractivity contribution is -0.148. The minimum absolute atomic E-state index is 0.00571. The number of amides is 1. The Labute approximate surface area is 113 Å². The standard InChI is InChI=1S/C13H24N2O4/c1-13(2,9-5-4-6-14-7-9)12(18)15-8-10(19-3)11(16)17/h9-10,14H,4-8H2,1-3H3,(H,15,18)(H,16,17). The van der Waals surface area contributed by atoms with Gasteiger partial charge in [0.1, 0.15) is 0 Å². The van der Waals surface area contributed by atoms with Crippen LogP contribution in [0.4, 0.5) is 0 Å². The van der Waals surface area contributed by atoms with Gasteiger partial charge in [0.25, 0.3) is 0 Å². The van der Waals surface area contributed by atoms with Crippen molar-refractivity contribution in [2.24, 2.45) is 11.3 Å². The molecule has 1 amide bonds. The van der Waals surface area contributed by atoms with E-state index in [1.165, 1.54) is 7.11 Å². The number of methoxy groups -OCH3 is 1. The third kappa shape index (κ3) is 4.18. The minimum Gasteiger partial charge on any atom is -0.479 e. The van der Waals surface area contributed by atoms with E-state index < -0.39 is 17.5 Å². The van der Waals surface area contributed by atoms with Crippen LogP contribution in [0.25, 0.3) is 0 Å². The number of piperidine rings is 1. The number of hydrogen-bond acceptors (Lipinski definition) is 4. The summed E-state index contributed by atoms with van der Waals surface area (Å²) < 4.78 is 4.79. The van der Waals surface area contributed by atoms with Gasteiger partial charge < -0.3 is 20.5 Å². The van der Waals surface area contributed by atoms with Crippen LogP contribution in [0.5, 0.6) is 0 Å². The normalized spacial score (nSPS) is 21.7. The Morgan fingerprint density at radius 1 is 1.53 bits per heavy atom. The molecule has 110 valence electrons. The first-order chi connectivity index (χ1) is 8.89. The number of carboxylic acids is 1. The number of ether oxygens (including phenoxy) is 1. The first-order valence-electron chi connectivity index (χ1n) is 6.64. The second-order valence-electron chi connectivity index (χ2n) is 5.54. The molecule has 0 aromatic carbocycles. The summed E-state index contributed by atoms with van der Waals surface area (Å²) in [4.78, 5) is 23.0. The number of aliphatic carboxylic acids is 1. The highest BCUT2D eigenvalue weighted by Gasteiger charge is 2.37. The maximum atomic E-state index is 12.2. The number of nitrogens with one attached hydrogen (secondary N) is 2. The first kappa shape index (κ1) is 15.9. The molecule has 0 aliphatic carbocycles. The highest BCUT2D eigenvalue weighted by atomic mass is 16.5. The fraction of sp³-hybridized carbons (Fsp3) is 0.846. The van der Waals surface area contributed by atoms with E-state index in [-0.39, 0.29) is 18.4 Å². The molecule has 0 saturated carbocycles. The highest BCUT2D eigenvalue weighted by molar-refractivity contribution is 5.83. The van der Waals surface area contributed by atoms with Crippen LogP contribution in [0.1, 0.15) is 26.7 Å². The predicted molar refractivity (Wildman–Crippen MR) is 70.8 cm³/mol. The van der Waals surface area contributed by atoms with Gasteiger partial charge in [0.05, 0.1) is 6.54 Å². The number of carboxylic acid groups (broad SMARTS) is 1. The predicted octanol–water partition coefficient (Wildman–Crippen LogP) is 0.228. The van der Waals surface area contributed by atoms with Crippen molar-refractivity contribution in [2.45, 2.75) is 32.8 Å². The van der Waals surface area contributed by atoms with E-state index in [4.69, 9.17) is 9.84 Å². The maximum absolute atomic E-state index is 12.2. The van der Waals surface area contributed by atoms with Crippen LogP contribution in [-0.2, 0) is 14.3 Å². The molecule has 19 heavy (non-hydrogen) atoms. The molecular formula is C13H24N2O4. The minimum atomic E-state index is -1.07. The third-order valence-corrected chi connectivity index (χ3v) is 3.91. The average Bonchev–Trinajstić information content (AvgIpc) is 2.39. The molecule has 3 N–H and O–H groups in total. The molecule has 6 nitrogen and oxygen atoms in total. The molecule has 2 atom stereocenters. The molecular weight excluding hydrogens is 248 g/mol. The van der Waals surface area contributed by atoms with Crippen molar-refractivity contribution in [1.29, 1.82) is 0 Å². The fourth-order valence-electron chi connectivity index (χ4n) is 2.34. The molecule has 0 aromatic rings. The Morgan fingerprint density at radius 2 is 2.21 bits per heavy atom. The van der Waals surface area contributed by atoms with Gasteiger partial charge in [0.15, 0.2) is 6.10 Å². The van der Waals surface area contributed by atoms with Gasteiger partial charge in [-0.3, -0.25) is 4.79 Å². The summed E-state index contributed by atoms with van der Waals surface area (Å²) in [5.41, 5.74) is -0.510. The van der Waals surface area contributed by atoms with E-state index in [2.05, 4.69) is 10.6 Å². The number of carbonyl (C=O) groups excluding carboxylic acids is 1. The van der Waals surface area contributed by atoms with Gasteiger partial charge in [-0.1, -0.05) is 13.8 Å². The van der Waals surface area contributed by atoms with Crippen molar-refractivity contribution in [3.05, 3.63) is 0 Å². The van der Waals surface area contributed by atoms with Crippen molar-refractivity contribution in [3.8, 4) is 0 Å². The van der Waals surface area contributed by atoms with Gasteiger partial charge in [-0.15, -0.1) is 0 Å². The van der Waals surface area contributed by atoms with Crippen LogP contribution < -0.4 is 10.6 Å². The van der Waals surface area contributed by atoms with Gasteiger partial charge in [0, 0.05) is 12.5 Å². The van der Waals surface area contributed by atoms with Crippen LogP contribution in [0.15, 0.2) is 0 Å². The zero-order chi connectivity index (χ0) is 14.5. The molecule has 0 spiro atoms. The molecule has 1 rings (SSSR count). The van der Waals surface area contributed by atoms with Crippen molar-refractivity contribution < 1.29 is 19.4 Å². The van der Waals surface area contributed by atoms with E-state index in [0.29, 0.717) is 0 Å². The molecule has 6 heteroatoms. The number of hydrogen-bond donors (Lipinski definition) is 3. The van der Waals surface area contributed by atoms with Crippen molar-refractivity contribution in [3.63, 3.8) is 0 Å².